The Kier molecular flexibility index (Phi) is 3.98. The molecule has 0 unspecified atom stereocenters. The first-order valence-electron chi connectivity index (χ1n) is 5.60. The van der Waals surface area contributed by atoms with E-state index in [1.807, 2.05) is 0 Å². The third kappa shape index (κ3) is 3.11. The molecular formula is C11H14N6O. The Morgan fingerprint density at radius 1 is 1.44 bits per heavy atom. The number of carbonyl (C=O) groups is 1. The number of pyridine rings is 1. The van der Waals surface area contributed by atoms with E-state index in [0.29, 0.717) is 30.9 Å². The Labute approximate surface area is 104 Å². The summed E-state index contributed by atoms with van der Waals surface area (Å²) < 4.78 is 1.54. The van der Waals surface area contributed by atoms with E-state index in [4.69, 9.17) is 5.73 Å². The number of nitrogens with zero attached hydrogens (tertiary/aromatic N) is 4. The summed E-state index contributed by atoms with van der Waals surface area (Å²) in [5.74, 6) is 0.586. The average molecular weight is 246 g/mol. The lowest BCUT2D eigenvalue weighted by Gasteiger charge is -2.05. The van der Waals surface area contributed by atoms with Crippen LogP contribution in [-0.4, -0.2) is 32.2 Å². The molecule has 0 bridgehead atoms. The van der Waals surface area contributed by atoms with Crippen LogP contribution < -0.4 is 11.1 Å². The van der Waals surface area contributed by atoms with E-state index in [1.165, 1.54) is 6.33 Å². The van der Waals surface area contributed by atoms with Crippen LogP contribution in [0, 0.1) is 0 Å². The van der Waals surface area contributed by atoms with Gasteiger partial charge in [0.25, 0.3) is 0 Å². The summed E-state index contributed by atoms with van der Waals surface area (Å²) in [5.41, 5.74) is 5.99. The highest BCUT2D eigenvalue weighted by Crippen LogP contribution is 2.09. The van der Waals surface area contributed by atoms with Gasteiger partial charge in [-0.25, -0.2) is 14.6 Å². The number of rotatable bonds is 5. The number of carbonyl (C=O) groups excluding carboxylic acids is 1. The predicted molar refractivity (Wildman–Crippen MR) is 66.1 cm³/mol. The predicted octanol–water partition coefficient (Wildman–Crippen LogP) is 0.340. The second-order valence-corrected chi connectivity index (χ2v) is 3.69. The van der Waals surface area contributed by atoms with Crippen LogP contribution in [0.4, 0.5) is 5.69 Å². The molecule has 0 atom stereocenters. The van der Waals surface area contributed by atoms with E-state index in [2.05, 4.69) is 20.4 Å². The average Bonchev–Trinajstić information content (AvgIpc) is 2.91. The van der Waals surface area contributed by atoms with Crippen LogP contribution >= 0.6 is 0 Å². The smallest absolute Gasteiger partial charge is 0.224 e. The lowest BCUT2D eigenvalue weighted by Crippen LogP contribution is -2.13. The quantitative estimate of drug-likeness (QED) is 0.792. The molecule has 3 N–H and O–H groups in total. The van der Waals surface area contributed by atoms with Gasteiger partial charge in [-0.15, -0.1) is 0 Å². The zero-order chi connectivity index (χ0) is 12.8. The molecule has 0 fully saturated rings. The number of nitrogens with one attached hydrogen (secondary N) is 1. The Morgan fingerprint density at radius 2 is 2.33 bits per heavy atom. The number of hydrogen-bond donors (Lipinski definition) is 2. The van der Waals surface area contributed by atoms with Gasteiger partial charge in [0.15, 0.2) is 5.82 Å². The van der Waals surface area contributed by atoms with Crippen LogP contribution in [0.15, 0.2) is 31.0 Å². The van der Waals surface area contributed by atoms with Crippen LogP contribution in [0.25, 0.3) is 5.82 Å². The van der Waals surface area contributed by atoms with Gasteiger partial charge in [0.2, 0.25) is 5.91 Å². The molecule has 0 aliphatic carbocycles. The van der Waals surface area contributed by atoms with Crippen molar-refractivity contribution in [1.29, 1.82) is 0 Å². The molecule has 7 heteroatoms. The number of hydrogen-bond acceptors (Lipinski definition) is 5. The van der Waals surface area contributed by atoms with E-state index in [0.717, 1.165) is 0 Å². The summed E-state index contributed by atoms with van der Waals surface area (Å²) in [6.45, 7) is 0.511. The third-order valence-electron chi connectivity index (χ3n) is 2.29. The molecule has 0 aliphatic heterocycles. The highest BCUT2D eigenvalue weighted by Gasteiger charge is 2.03. The maximum Gasteiger partial charge on any atom is 0.224 e. The van der Waals surface area contributed by atoms with Gasteiger partial charge >= 0.3 is 0 Å². The summed E-state index contributed by atoms with van der Waals surface area (Å²) in [7, 11) is 0. The number of nitrogens with two attached hydrogens (primary N) is 1. The van der Waals surface area contributed by atoms with Gasteiger partial charge in [-0.2, -0.15) is 5.10 Å². The molecular weight excluding hydrogens is 232 g/mol. The number of anilines is 1. The lowest BCUT2D eigenvalue weighted by atomic mass is 10.3. The molecule has 7 nitrogen and oxygen atoms in total. The first kappa shape index (κ1) is 12.2. The fourth-order valence-electron chi connectivity index (χ4n) is 1.41. The summed E-state index contributed by atoms with van der Waals surface area (Å²) in [6.07, 6.45) is 5.67. The van der Waals surface area contributed by atoms with Crippen molar-refractivity contribution in [3.05, 3.63) is 31.0 Å². The maximum atomic E-state index is 11.5. The van der Waals surface area contributed by atoms with Crippen molar-refractivity contribution < 1.29 is 4.79 Å². The summed E-state index contributed by atoms with van der Waals surface area (Å²) in [6, 6.07) is 3.53. The minimum atomic E-state index is -0.0595. The minimum Gasteiger partial charge on any atom is -0.330 e. The topological polar surface area (TPSA) is 98.7 Å². The Hall–Kier alpha value is -2.28. The minimum absolute atomic E-state index is 0.0595. The van der Waals surface area contributed by atoms with Crippen LogP contribution in [0.5, 0.6) is 0 Å². The van der Waals surface area contributed by atoms with Crippen molar-refractivity contribution in [2.75, 3.05) is 11.9 Å². The van der Waals surface area contributed by atoms with E-state index in [9.17, 15) is 4.79 Å². The van der Waals surface area contributed by atoms with Gasteiger partial charge < -0.3 is 11.1 Å². The molecule has 18 heavy (non-hydrogen) atoms. The Balaban J connectivity index is 1.98. The summed E-state index contributed by atoms with van der Waals surface area (Å²) in [4.78, 5) is 19.5. The molecule has 0 aliphatic rings. The summed E-state index contributed by atoms with van der Waals surface area (Å²) >= 11 is 0. The standard InChI is InChI=1S/C11H14N6O/c12-5-1-2-11(18)16-9-3-4-10(14-6-9)17-8-13-7-15-17/h3-4,6-8H,1-2,5,12H2,(H,16,18). The Morgan fingerprint density at radius 3 is 2.94 bits per heavy atom. The summed E-state index contributed by atoms with van der Waals surface area (Å²) in [5, 5.41) is 6.71. The number of amides is 1. The molecule has 2 aromatic rings. The molecule has 2 rings (SSSR count). The highest BCUT2D eigenvalue weighted by molar-refractivity contribution is 5.90. The van der Waals surface area contributed by atoms with Gasteiger partial charge in [0, 0.05) is 6.42 Å². The third-order valence-corrected chi connectivity index (χ3v) is 2.29. The van der Waals surface area contributed by atoms with Crippen LogP contribution in [-0.2, 0) is 4.79 Å². The maximum absolute atomic E-state index is 11.5. The Bertz CT molecular complexity index is 493. The monoisotopic (exact) mass is 246 g/mol. The van der Waals surface area contributed by atoms with Crippen molar-refractivity contribution >= 4 is 11.6 Å². The molecule has 0 radical (unpaired) electrons. The van der Waals surface area contributed by atoms with Crippen LogP contribution in [0.3, 0.4) is 0 Å². The second-order valence-electron chi connectivity index (χ2n) is 3.69. The number of aromatic nitrogens is 4. The van der Waals surface area contributed by atoms with Gasteiger partial charge in [-0.3, -0.25) is 4.79 Å². The SMILES string of the molecule is NCCCC(=O)Nc1ccc(-n2cncn2)nc1. The van der Waals surface area contributed by atoms with Crippen molar-refractivity contribution in [2.24, 2.45) is 5.73 Å². The van der Waals surface area contributed by atoms with E-state index < -0.39 is 0 Å². The fourth-order valence-corrected chi connectivity index (χ4v) is 1.41. The first-order valence-corrected chi connectivity index (χ1v) is 5.60. The molecule has 2 heterocycles. The van der Waals surface area contributed by atoms with Crippen molar-refractivity contribution in [3.8, 4) is 5.82 Å². The zero-order valence-corrected chi connectivity index (χ0v) is 9.78. The second kappa shape index (κ2) is 5.87. The molecule has 2 aromatic heterocycles. The van der Waals surface area contributed by atoms with E-state index >= 15 is 0 Å². The largest absolute Gasteiger partial charge is 0.330 e. The molecule has 0 saturated carbocycles. The van der Waals surface area contributed by atoms with Gasteiger partial charge in [-0.1, -0.05) is 0 Å². The van der Waals surface area contributed by atoms with Gasteiger partial charge in [0.1, 0.15) is 12.7 Å². The fraction of sp³-hybridized carbons (Fsp3) is 0.273. The lowest BCUT2D eigenvalue weighted by molar-refractivity contribution is -0.116. The molecule has 0 aromatic carbocycles. The molecule has 1 amide bonds. The molecule has 94 valence electrons. The van der Waals surface area contributed by atoms with Crippen molar-refractivity contribution in [2.45, 2.75) is 12.8 Å². The highest BCUT2D eigenvalue weighted by atomic mass is 16.1. The van der Waals surface area contributed by atoms with Crippen LogP contribution in [0.2, 0.25) is 0 Å². The van der Waals surface area contributed by atoms with Crippen molar-refractivity contribution in [3.63, 3.8) is 0 Å². The normalized spacial score (nSPS) is 10.3. The van der Waals surface area contributed by atoms with Crippen LogP contribution in [0.1, 0.15) is 12.8 Å². The van der Waals surface area contributed by atoms with Gasteiger partial charge in [-0.05, 0) is 25.1 Å². The zero-order valence-electron chi connectivity index (χ0n) is 9.78. The van der Waals surface area contributed by atoms with E-state index in [-0.39, 0.29) is 5.91 Å². The van der Waals surface area contributed by atoms with Gasteiger partial charge in [0.05, 0.1) is 11.9 Å². The van der Waals surface area contributed by atoms with Crippen molar-refractivity contribution in [1.82, 2.24) is 19.7 Å². The molecule has 0 spiro atoms. The molecule has 0 saturated heterocycles. The first-order chi connectivity index (χ1) is 8.79. The van der Waals surface area contributed by atoms with E-state index in [1.54, 1.807) is 29.3 Å².